The van der Waals surface area contributed by atoms with Crippen LogP contribution in [-0.2, 0) is 0 Å². The van der Waals surface area contributed by atoms with Crippen molar-refractivity contribution in [1.29, 1.82) is 0 Å². The summed E-state index contributed by atoms with van der Waals surface area (Å²) < 4.78 is 0. The Morgan fingerprint density at radius 1 is 1.46 bits per heavy atom. The fraction of sp³-hybridized carbons (Fsp3) is 0.143. The molecule has 0 saturated heterocycles. The van der Waals surface area contributed by atoms with Gasteiger partial charge in [0, 0.05) is 7.05 Å². The van der Waals surface area contributed by atoms with E-state index >= 15 is 0 Å². The lowest BCUT2D eigenvalue weighted by Gasteiger charge is -2.12. The summed E-state index contributed by atoms with van der Waals surface area (Å²) in [6.07, 6.45) is -1.08. The van der Waals surface area contributed by atoms with Crippen molar-refractivity contribution in [2.75, 3.05) is 11.9 Å². The number of anilines is 1. The van der Waals surface area contributed by atoms with Gasteiger partial charge in [-0.05, 0) is 12.1 Å². The number of carbonyl (C=O) groups is 1. The molecule has 1 amide bonds. The molecule has 1 rings (SSSR count). The van der Waals surface area contributed by atoms with Gasteiger partial charge in [0.05, 0.1) is 5.69 Å². The van der Waals surface area contributed by atoms with E-state index in [2.05, 4.69) is 4.98 Å². The minimum absolute atomic E-state index is 0.163. The first-order valence-corrected chi connectivity index (χ1v) is 4.06. The first kappa shape index (κ1) is 10.1. The highest BCUT2D eigenvalue weighted by Gasteiger charge is 2.10. The minimum atomic E-state index is -1.08. The fourth-order valence-corrected chi connectivity index (χ4v) is 1.21. The van der Waals surface area contributed by atoms with Crippen LogP contribution in [-0.4, -0.2) is 23.2 Å². The van der Waals surface area contributed by atoms with Gasteiger partial charge in [-0.2, -0.15) is 0 Å². The van der Waals surface area contributed by atoms with Gasteiger partial charge in [-0.1, -0.05) is 23.2 Å². The maximum atomic E-state index is 10.5. The highest BCUT2D eigenvalue weighted by molar-refractivity contribution is 6.32. The van der Waals surface area contributed by atoms with Gasteiger partial charge >= 0.3 is 6.09 Å². The van der Waals surface area contributed by atoms with Crippen LogP contribution in [0.25, 0.3) is 0 Å². The van der Waals surface area contributed by atoms with Crippen molar-refractivity contribution in [1.82, 2.24) is 4.98 Å². The first-order valence-electron chi connectivity index (χ1n) is 3.30. The summed E-state index contributed by atoms with van der Waals surface area (Å²) in [5.41, 5.74) is 0.387. The fourth-order valence-electron chi connectivity index (χ4n) is 0.756. The zero-order valence-corrected chi connectivity index (χ0v) is 8.17. The molecule has 0 radical (unpaired) electrons. The summed E-state index contributed by atoms with van der Waals surface area (Å²) in [6, 6.07) is 2.84. The third-order valence-corrected chi connectivity index (χ3v) is 1.81. The highest BCUT2D eigenvalue weighted by Crippen LogP contribution is 2.21. The lowest BCUT2D eigenvalue weighted by molar-refractivity contribution is 0.203. The summed E-state index contributed by atoms with van der Waals surface area (Å²) in [7, 11) is 1.39. The van der Waals surface area contributed by atoms with Crippen LogP contribution in [0.2, 0.25) is 10.3 Å². The van der Waals surface area contributed by atoms with E-state index in [0.29, 0.717) is 5.69 Å². The number of carboxylic acid groups (broad SMARTS) is 1. The highest BCUT2D eigenvalue weighted by atomic mass is 35.5. The van der Waals surface area contributed by atoms with E-state index in [1.807, 2.05) is 0 Å². The van der Waals surface area contributed by atoms with E-state index in [1.54, 1.807) is 0 Å². The number of nitrogens with zero attached hydrogens (tertiary/aromatic N) is 2. The second-order valence-electron chi connectivity index (χ2n) is 2.31. The van der Waals surface area contributed by atoms with Crippen molar-refractivity contribution >= 4 is 35.0 Å². The molecule has 0 bridgehead atoms. The van der Waals surface area contributed by atoms with Gasteiger partial charge in [0.25, 0.3) is 0 Å². The molecule has 0 aliphatic carbocycles. The van der Waals surface area contributed by atoms with Crippen LogP contribution in [0, 0.1) is 0 Å². The van der Waals surface area contributed by atoms with Crippen LogP contribution in [0.4, 0.5) is 10.5 Å². The SMILES string of the molecule is CN(C(=O)O)c1cc(Cl)nc(Cl)c1. The molecular weight excluding hydrogens is 215 g/mol. The van der Waals surface area contributed by atoms with E-state index in [9.17, 15) is 4.79 Å². The van der Waals surface area contributed by atoms with Crippen LogP contribution in [0.3, 0.4) is 0 Å². The summed E-state index contributed by atoms with van der Waals surface area (Å²) in [4.78, 5) is 15.2. The van der Waals surface area contributed by atoms with Crippen molar-refractivity contribution in [3.63, 3.8) is 0 Å². The smallest absolute Gasteiger partial charge is 0.411 e. The molecule has 1 N–H and O–H groups in total. The molecular formula is C7H6Cl2N2O2. The Morgan fingerprint density at radius 3 is 2.31 bits per heavy atom. The maximum Gasteiger partial charge on any atom is 0.411 e. The zero-order valence-electron chi connectivity index (χ0n) is 6.66. The van der Waals surface area contributed by atoms with Crippen molar-refractivity contribution in [2.24, 2.45) is 0 Å². The molecule has 0 spiro atoms. The number of amides is 1. The molecule has 1 heterocycles. The topological polar surface area (TPSA) is 53.4 Å². The predicted molar refractivity (Wildman–Crippen MR) is 50.7 cm³/mol. The molecule has 0 aliphatic rings. The number of halogens is 2. The zero-order chi connectivity index (χ0) is 10.0. The van der Waals surface area contributed by atoms with Crippen molar-refractivity contribution in [3.05, 3.63) is 22.4 Å². The molecule has 70 valence electrons. The quantitative estimate of drug-likeness (QED) is 0.741. The van der Waals surface area contributed by atoms with Crippen LogP contribution in [0.15, 0.2) is 12.1 Å². The standard InChI is InChI=1S/C7H6Cl2N2O2/c1-11(7(12)13)4-2-5(8)10-6(9)3-4/h2-3H,1H3,(H,12,13). The summed E-state index contributed by atoms with van der Waals surface area (Å²) in [6.45, 7) is 0. The second kappa shape index (κ2) is 3.81. The van der Waals surface area contributed by atoms with Crippen molar-refractivity contribution in [3.8, 4) is 0 Å². The molecule has 4 nitrogen and oxygen atoms in total. The molecule has 1 aromatic rings. The molecule has 13 heavy (non-hydrogen) atoms. The van der Waals surface area contributed by atoms with Crippen LogP contribution >= 0.6 is 23.2 Å². The van der Waals surface area contributed by atoms with E-state index in [-0.39, 0.29) is 10.3 Å². The van der Waals surface area contributed by atoms with Gasteiger partial charge in [0.1, 0.15) is 10.3 Å². The average molecular weight is 221 g/mol. The maximum absolute atomic E-state index is 10.5. The Labute approximate surface area is 84.7 Å². The molecule has 0 aromatic carbocycles. The normalized spacial score (nSPS) is 9.77. The average Bonchev–Trinajstić information content (AvgIpc) is 2.01. The third kappa shape index (κ3) is 2.47. The summed E-state index contributed by atoms with van der Waals surface area (Å²) in [5, 5.41) is 8.96. The Bertz CT molecular complexity index is 323. The Hall–Kier alpha value is -1.00. The van der Waals surface area contributed by atoms with E-state index in [0.717, 1.165) is 4.90 Å². The Balaban J connectivity index is 3.07. The minimum Gasteiger partial charge on any atom is -0.465 e. The molecule has 1 aromatic heterocycles. The largest absolute Gasteiger partial charge is 0.465 e. The molecule has 6 heteroatoms. The third-order valence-electron chi connectivity index (χ3n) is 1.42. The molecule has 0 aliphatic heterocycles. The summed E-state index contributed by atoms with van der Waals surface area (Å²) in [5.74, 6) is 0. The number of aromatic nitrogens is 1. The van der Waals surface area contributed by atoms with Crippen LogP contribution < -0.4 is 4.90 Å². The van der Waals surface area contributed by atoms with Gasteiger partial charge in [-0.3, -0.25) is 4.90 Å². The van der Waals surface area contributed by atoms with Crippen LogP contribution in [0.5, 0.6) is 0 Å². The van der Waals surface area contributed by atoms with E-state index in [1.165, 1.54) is 19.2 Å². The summed E-state index contributed by atoms with van der Waals surface area (Å²) >= 11 is 11.2. The van der Waals surface area contributed by atoms with E-state index in [4.69, 9.17) is 28.3 Å². The van der Waals surface area contributed by atoms with Gasteiger partial charge in [0.15, 0.2) is 0 Å². The lowest BCUT2D eigenvalue weighted by Crippen LogP contribution is -2.23. The van der Waals surface area contributed by atoms with Crippen LogP contribution in [0.1, 0.15) is 0 Å². The number of rotatable bonds is 1. The molecule has 0 saturated carbocycles. The number of pyridine rings is 1. The van der Waals surface area contributed by atoms with Gasteiger partial charge in [-0.25, -0.2) is 9.78 Å². The number of hydrogen-bond acceptors (Lipinski definition) is 2. The molecule has 0 fully saturated rings. The van der Waals surface area contributed by atoms with Gasteiger partial charge in [0.2, 0.25) is 0 Å². The second-order valence-corrected chi connectivity index (χ2v) is 3.09. The van der Waals surface area contributed by atoms with Gasteiger partial charge < -0.3 is 5.11 Å². The Kier molecular flexibility index (Phi) is 2.95. The monoisotopic (exact) mass is 220 g/mol. The van der Waals surface area contributed by atoms with E-state index < -0.39 is 6.09 Å². The molecule has 0 atom stereocenters. The first-order chi connectivity index (χ1) is 6.00. The Morgan fingerprint density at radius 2 is 1.92 bits per heavy atom. The van der Waals surface area contributed by atoms with Crippen molar-refractivity contribution < 1.29 is 9.90 Å². The molecule has 0 unspecified atom stereocenters. The lowest BCUT2D eigenvalue weighted by atomic mass is 10.4. The number of hydrogen-bond donors (Lipinski definition) is 1. The predicted octanol–water partition coefficient (Wildman–Crippen LogP) is 2.50. The van der Waals surface area contributed by atoms with Gasteiger partial charge in [-0.15, -0.1) is 0 Å². The van der Waals surface area contributed by atoms with Crippen molar-refractivity contribution in [2.45, 2.75) is 0 Å².